The lowest BCUT2D eigenvalue weighted by Crippen LogP contribution is -2.26. The summed E-state index contributed by atoms with van der Waals surface area (Å²) in [5, 5.41) is 9.47. The zero-order valence-corrected chi connectivity index (χ0v) is 15.9. The van der Waals surface area contributed by atoms with Crippen LogP contribution in [0.2, 0.25) is 5.02 Å². The third kappa shape index (κ3) is 4.30. The van der Waals surface area contributed by atoms with Crippen molar-refractivity contribution < 1.29 is 23.1 Å². The molecular formula is C21H16ClF3N2O2. The van der Waals surface area contributed by atoms with Gasteiger partial charge in [0, 0.05) is 28.9 Å². The fourth-order valence-electron chi connectivity index (χ4n) is 2.78. The minimum absolute atomic E-state index is 0.0319. The minimum atomic E-state index is -4.47. The van der Waals surface area contributed by atoms with E-state index in [1.807, 2.05) is 0 Å². The van der Waals surface area contributed by atoms with Crippen LogP contribution in [0.25, 0.3) is 11.1 Å². The Morgan fingerprint density at radius 1 is 1.03 bits per heavy atom. The van der Waals surface area contributed by atoms with Gasteiger partial charge < -0.3 is 15.7 Å². The summed E-state index contributed by atoms with van der Waals surface area (Å²) in [5.41, 5.74) is 6.86. The molecule has 3 rings (SSSR count). The highest BCUT2D eigenvalue weighted by atomic mass is 35.5. The fraction of sp³-hybridized carbons (Fsp3) is 0.0952. The molecule has 0 heterocycles. The quantitative estimate of drug-likeness (QED) is 0.428. The van der Waals surface area contributed by atoms with Crippen molar-refractivity contribution in [1.82, 2.24) is 0 Å². The number of amides is 1. The molecule has 3 N–H and O–H groups in total. The number of hydrogen-bond donors (Lipinski definition) is 2. The number of benzene rings is 3. The summed E-state index contributed by atoms with van der Waals surface area (Å²) in [6, 6.07) is 13.9. The van der Waals surface area contributed by atoms with E-state index in [9.17, 15) is 23.1 Å². The molecule has 0 aliphatic rings. The van der Waals surface area contributed by atoms with Gasteiger partial charge in [0.2, 0.25) is 0 Å². The Balaban J connectivity index is 1.84. The second-order valence-electron chi connectivity index (χ2n) is 6.38. The summed E-state index contributed by atoms with van der Waals surface area (Å²) in [6.45, 7) is 0. The van der Waals surface area contributed by atoms with E-state index >= 15 is 0 Å². The van der Waals surface area contributed by atoms with Gasteiger partial charge >= 0.3 is 6.18 Å². The Kier molecular flexibility index (Phi) is 5.44. The van der Waals surface area contributed by atoms with E-state index in [-0.39, 0.29) is 22.4 Å². The van der Waals surface area contributed by atoms with Crippen molar-refractivity contribution in [1.29, 1.82) is 0 Å². The molecule has 4 nitrogen and oxygen atoms in total. The summed E-state index contributed by atoms with van der Waals surface area (Å²) >= 11 is 6.02. The van der Waals surface area contributed by atoms with Gasteiger partial charge in [-0.25, -0.2) is 0 Å². The Labute approximate surface area is 169 Å². The van der Waals surface area contributed by atoms with E-state index in [4.69, 9.17) is 17.3 Å². The van der Waals surface area contributed by atoms with E-state index in [1.165, 1.54) is 23.1 Å². The van der Waals surface area contributed by atoms with Crippen molar-refractivity contribution in [2.45, 2.75) is 6.18 Å². The average molecular weight is 421 g/mol. The molecule has 8 heteroatoms. The lowest BCUT2D eigenvalue weighted by atomic mass is 10.0. The first-order valence-electron chi connectivity index (χ1n) is 8.41. The average Bonchev–Trinajstić information content (AvgIpc) is 2.68. The molecule has 0 unspecified atom stereocenters. The lowest BCUT2D eigenvalue weighted by Gasteiger charge is -2.18. The zero-order valence-electron chi connectivity index (χ0n) is 15.2. The molecule has 1 amide bonds. The number of carbonyl (C=O) groups excluding carboxylic acids is 1. The third-order valence-corrected chi connectivity index (χ3v) is 4.76. The van der Waals surface area contributed by atoms with Crippen LogP contribution in [0.15, 0.2) is 60.7 Å². The first kappa shape index (κ1) is 20.5. The van der Waals surface area contributed by atoms with E-state index in [0.29, 0.717) is 22.4 Å². The Bertz CT molecular complexity index is 1070. The van der Waals surface area contributed by atoms with Crippen molar-refractivity contribution in [2.75, 3.05) is 17.7 Å². The lowest BCUT2D eigenvalue weighted by molar-refractivity contribution is -0.137. The second kappa shape index (κ2) is 7.67. The smallest absolute Gasteiger partial charge is 0.416 e. The van der Waals surface area contributed by atoms with Crippen LogP contribution in [0, 0.1) is 0 Å². The molecule has 0 radical (unpaired) electrons. The van der Waals surface area contributed by atoms with Crippen molar-refractivity contribution in [3.05, 3.63) is 76.8 Å². The van der Waals surface area contributed by atoms with Gasteiger partial charge in [0.25, 0.3) is 5.91 Å². The number of halogens is 4. The number of rotatable bonds is 3. The monoisotopic (exact) mass is 420 g/mol. The number of nitrogens with zero attached hydrogens (tertiary/aromatic N) is 1. The third-order valence-electron chi connectivity index (χ3n) is 4.44. The van der Waals surface area contributed by atoms with Crippen LogP contribution in [0.3, 0.4) is 0 Å². The highest BCUT2D eigenvalue weighted by molar-refractivity contribution is 6.33. The molecule has 0 atom stereocenters. The number of anilines is 2. The number of carbonyl (C=O) groups is 1. The predicted octanol–water partition coefficient (Wildman–Crippen LogP) is 5.59. The number of phenolic OH excluding ortho intramolecular Hbond substituents is 1. The normalized spacial score (nSPS) is 11.3. The molecule has 0 aliphatic heterocycles. The summed E-state index contributed by atoms with van der Waals surface area (Å²) < 4.78 is 38.4. The van der Waals surface area contributed by atoms with Crippen LogP contribution in [0.4, 0.5) is 24.5 Å². The molecule has 150 valence electrons. The molecule has 3 aromatic rings. The van der Waals surface area contributed by atoms with E-state index < -0.39 is 11.7 Å². The van der Waals surface area contributed by atoms with Crippen molar-refractivity contribution in [3.8, 4) is 16.9 Å². The van der Waals surface area contributed by atoms with Gasteiger partial charge in [-0.1, -0.05) is 29.8 Å². The van der Waals surface area contributed by atoms with Gasteiger partial charge in [-0.3, -0.25) is 4.79 Å². The zero-order chi connectivity index (χ0) is 21.3. The SMILES string of the molecule is CN(C(=O)c1ccc(-c2ccc(C(F)(F)F)cc2Cl)cc1)c1ccc(O)c(N)c1. The van der Waals surface area contributed by atoms with Gasteiger partial charge in [-0.05, 0) is 48.0 Å². The number of nitrogens with two attached hydrogens (primary N) is 1. The van der Waals surface area contributed by atoms with Gasteiger partial charge in [0.1, 0.15) is 5.75 Å². The van der Waals surface area contributed by atoms with Crippen molar-refractivity contribution >= 4 is 28.9 Å². The molecule has 3 aromatic carbocycles. The maximum absolute atomic E-state index is 12.8. The maximum Gasteiger partial charge on any atom is 0.416 e. The number of phenols is 1. The topological polar surface area (TPSA) is 66.6 Å². The maximum atomic E-state index is 12.8. The number of alkyl halides is 3. The molecule has 0 saturated carbocycles. The largest absolute Gasteiger partial charge is 0.506 e. The molecule has 0 fully saturated rings. The van der Waals surface area contributed by atoms with Crippen LogP contribution in [-0.2, 0) is 6.18 Å². The van der Waals surface area contributed by atoms with Crippen LogP contribution >= 0.6 is 11.6 Å². The molecular weight excluding hydrogens is 405 g/mol. The summed E-state index contributed by atoms with van der Waals surface area (Å²) in [4.78, 5) is 14.1. The van der Waals surface area contributed by atoms with Crippen LogP contribution in [0.5, 0.6) is 5.75 Å². The molecule has 29 heavy (non-hydrogen) atoms. The molecule has 0 aromatic heterocycles. The van der Waals surface area contributed by atoms with Crippen LogP contribution < -0.4 is 10.6 Å². The second-order valence-corrected chi connectivity index (χ2v) is 6.78. The predicted molar refractivity (Wildman–Crippen MR) is 107 cm³/mol. The van der Waals surface area contributed by atoms with Gasteiger partial charge in [0.15, 0.2) is 0 Å². The van der Waals surface area contributed by atoms with E-state index in [0.717, 1.165) is 12.1 Å². The standard InChI is InChI=1S/C21H16ClF3N2O2/c1-27(15-7-9-19(28)18(26)11-15)20(29)13-4-2-12(3-5-13)16-8-6-14(10-17(16)22)21(23,24)25/h2-11,28H,26H2,1H3. The summed E-state index contributed by atoms with van der Waals surface area (Å²) in [6.07, 6.45) is -4.47. The Morgan fingerprint density at radius 2 is 1.69 bits per heavy atom. The number of aromatic hydroxyl groups is 1. The number of nitrogen functional groups attached to an aromatic ring is 1. The molecule has 0 aliphatic carbocycles. The molecule has 0 spiro atoms. The van der Waals surface area contributed by atoms with E-state index in [2.05, 4.69) is 0 Å². The van der Waals surface area contributed by atoms with Gasteiger partial charge in [-0.15, -0.1) is 0 Å². The fourth-order valence-corrected chi connectivity index (χ4v) is 3.07. The molecule has 0 bridgehead atoms. The summed E-state index contributed by atoms with van der Waals surface area (Å²) in [5.74, 6) is -0.396. The van der Waals surface area contributed by atoms with Gasteiger partial charge in [-0.2, -0.15) is 13.2 Å². The Morgan fingerprint density at radius 3 is 2.24 bits per heavy atom. The Hall–Kier alpha value is -3.19. The van der Waals surface area contributed by atoms with Gasteiger partial charge in [0.05, 0.1) is 11.3 Å². The highest BCUT2D eigenvalue weighted by Gasteiger charge is 2.31. The first-order valence-corrected chi connectivity index (χ1v) is 8.79. The summed E-state index contributed by atoms with van der Waals surface area (Å²) in [7, 11) is 1.56. The number of hydrogen-bond acceptors (Lipinski definition) is 3. The van der Waals surface area contributed by atoms with Crippen molar-refractivity contribution in [2.24, 2.45) is 0 Å². The highest BCUT2D eigenvalue weighted by Crippen LogP contribution is 2.35. The van der Waals surface area contributed by atoms with Crippen LogP contribution in [-0.4, -0.2) is 18.1 Å². The van der Waals surface area contributed by atoms with Crippen LogP contribution in [0.1, 0.15) is 15.9 Å². The van der Waals surface area contributed by atoms with E-state index in [1.54, 1.807) is 37.4 Å². The molecule has 0 saturated heterocycles. The minimum Gasteiger partial charge on any atom is -0.506 e. The van der Waals surface area contributed by atoms with Crippen molar-refractivity contribution in [3.63, 3.8) is 0 Å². The first-order chi connectivity index (χ1) is 13.6.